The Hall–Kier alpha value is -2.69. The number of nitrogens with one attached hydrogen (secondary N) is 1. The Morgan fingerprint density at radius 2 is 1.93 bits per heavy atom. The molecule has 2 aromatic heterocycles. The Labute approximate surface area is 166 Å². The van der Waals surface area contributed by atoms with Crippen LogP contribution >= 0.6 is 0 Å². The number of amides is 1. The zero-order chi connectivity index (χ0) is 19.5. The fourth-order valence-electron chi connectivity index (χ4n) is 4.26. The highest BCUT2D eigenvalue weighted by atomic mass is 16.1. The molecule has 146 valence electrons. The molecule has 1 saturated carbocycles. The quantitative estimate of drug-likeness (QED) is 0.701. The predicted octanol–water partition coefficient (Wildman–Crippen LogP) is 4.72. The molecule has 28 heavy (non-hydrogen) atoms. The van der Waals surface area contributed by atoms with E-state index in [0.29, 0.717) is 5.56 Å². The number of benzene rings is 1. The number of carbonyl (C=O) groups excluding carboxylic acids is 1. The standard InChI is InChI=1S/C23H28N4O/c1-3-10-20-19(23(28)25-18-13-8-5-9-14-18)15-24-22-21(16(2)26-27(20)22)17-11-6-4-7-12-17/h4,6-7,11-12,15,18H,3,5,8-10,13-14H2,1-2H3,(H,25,28). The second-order valence-electron chi connectivity index (χ2n) is 7.74. The molecule has 0 aliphatic heterocycles. The lowest BCUT2D eigenvalue weighted by atomic mass is 9.95. The van der Waals surface area contributed by atoms with Crippen molar-refractivity contribution in [2.75, 3.05) is 0 Å². The van der Waals surface area contributed by atoms with Crippen LogP contribution in [-0.4, -0.2) is 26.5 Å². The third-order valence-corrected chi connectivity index (χ3v) is 5.65. The summed E-state index contributed by atoms with van der Waals surface area (Å²) < 4.78 is 1.89. The van der Waals surface area contributed by atoms with E-state index in [1.807, 2.05) is 29.6 Å². The summed E-state index contributed by atoms with van der Waals surface area (Å²) in [6, 6.07) is 10.5. The Morgan fingerprint density at radius 3 is 2.64 bits per heavy atom. The van der Waals surface area contributed by atoms with Crippen LogP contribution in [0.3, 0.4) is 0 Å². The highest BCUT2D eigenvalue weighted by Gasteiger charge is 2.22. The average molecular weight is 377 g/mol. The molecule has 0 atom stereocenters. The zero-order valence-electron chi connectivity index (χ0n) is 16.7. The Balaban J connectivity index is 1.76. The molecule has 4 rings (SSSR count). The monoisotopic (exact) mass is 376 g/mol. The maximum atomic E-state index is 13.0. The molecular formula is C23H28N4O. The summed E-state index contributed by atoms with van der Waals surface area (Å²) >= 11 is 0. The summed E-state index contributed by atoms with van der Waals surface area (Å²) in [4.78, 5) is 17.7. The van der Waals surface area contributed by atoms with Crippen LogP contribution in [0, 0.1) is 6.92 Å². The van der Waals surface area contributed by atoms with Crippen LogP contribution < -0.4 is 5.32 Å². The smallest absolute Gasteiger partial charge is 0.254 e. The van der Waals surface area contributed by atoms with Crippen molar-refractivity contribution in [1.29, 1.82) is 0 Å². The minimum Gasteiger partial charge on any atom is -0.349 e. The molecule has 0 bridgehead atoms. The van der Waals surface area contributed by atoms with Crippen molar-refractivity contribution >= 4 is 11.6 Å². The van der Waals surface area contributed by atoms with E-state index < -0.39 is 0 Å². The van der Waals surface area contributed by atoms with Gasteiger partial charge in [-0.05, 0) is 31.7 Å². The van der Waals surface area contributed by atoms with E-state index in [1.165, 1.54) is 19.3 Å². The molecule has 1 aliphatic carbocycles. The van der Waals surface area contributed by atoms with Gasteiger partial charge in [-0.25, -0.2) is 9.50 Å². The van der Waals surface area contributed by atoms with Gasteiger partial charge >= 0.3 is 0 Å². The molecule has 1 N–H and O–H groups in total. The summed E-state index contributed by atoms with van der Waals surface area (Å²) in [6.45, 7) is 4.14. The zero-order valence-corrected chi connectivity index (χ0v) is 16.7. The van der Waals surface area contributed by atoms with Crippen molar-refractivity contribution in [3.05, 3.63) is 53.5 Å². The summed E-state index contributed by atoms with van der Waals surface area (Å²) in [7, 11) is 0. The van der Waals surface area contributed by atoms with Crippen LogP contribution in [0.4, 0.5) is 0 Å². The van der Waals surface area contributed by atoms with Gasteiger partial charge in [0.05, 0.1) is 17.0 Å². The number of hydrogen-bond acceptors (Lipinski definition) is 3. The largest absolute Gasteiger partial charge is 0.349 e. The van der Waals surface area contributed by atoms with Crippen LogP contribution in [0.5, 0.6) is 0 Å². The van der Waals surface area contributed by atoms with Gasteiger partial charge in [-0.3, -0.25) is 4.79 Å². The number of nitrogens with zero attached hydrogens (tertiary/aromatic N) is 3. The number of aromatic nitrogens is 3. The van der Waals surface area contributed by atoms with E-state index in [9.17, 15) is 4.79 Å². The highest BCUT2D eigenvalue weighted by molar-refractivity contribution is 5.96. The van der Waals surface area contributed by atoms with E-state index in [1.54, 1.807) is 6.20 Å². The molecule has 1 amide bonds. The number of carbonyl (C=O) groups is 1. The second kappa shape index (κ2) is 8.13. The van der Waals surface area contributed by atoms with Gasteiger partial charge in [-0.1, -0.05) is 62.9 Å². The molecule has 5 nitrogen and oxygen atoms in total. The number of fused-ring (bicyclic) bond motifs is 1. The molecule has 0 radical (unpaired) electrons. The molecule has 0 unspecified atom stereocenters. The predicted molar refractivity (Wildman–Crippen MR) is 111 cm³/mol. The van der Waals surface area contributed by atoms with Gasteiger partial charge in [0.2, 0.25) is 0 Å². The average Bonchev–Trinajstić information content (AvgIpc) is 3.06. The molecule has 2 heterocycles. The first-order chi connectivity index (χ1) is 13.7. The second-order valence-corrected chi connectivity index (χ2v) is 7.74. The van der Waals surface area contributed by atoms with Crippen LogP contribution in [0.1, 0.15) is 67.2 Å². The van der Waals surface area contributed by atoms with Gasteiger partial charge < -0.3 is 5.32 Å². The van der Waals surface area contributed by atoms with E-state index in [4.69, 9.17) is 5.10 Å². The molecule has 1 fully saturated rings. The first kappa shape index (κ1) is 18.7. The van der Waals surface area contributed by atoms with E-state index in [2.05, 4.69) is 29.4 Å². The normalized spacial score (nSPS) is 15.1. The first-order valence-corrected chi connectivity index (χ1v) is 10.4. The summed E-state index contributed by atoms with van der Waals surface area (Å²) in [6.07, 6.45) is 9.30. The van der Waals surface area contributed by atoms with Crippen LogP contribution in [0.2, 0.25) is 0 Å². The van der Waals surface area contributed by atoms with Crippen LogP contribution in [0.15, 0.2) is 36.5 Å². The van der Waals surface area contributed by atoms with Gasteiger partial charge in [0.1, 0.15) is 0 Å². The van der Waals surface area contributed by atoms with E-state index >= 15 is 0 Å². The minimum absolute atomic E-state index is 0.0147. The summed E-state index contributed by atoms with van der Waals surface area (Å²) in [5.74, 6) is -0.0147. The van der Waals surface area contributed by atoms with Crippen molar-refractivity contribution in [3.63, 3.8) is 0 Å². The summed E-state index contributed by atoms with van der Waals surface area (Å²) in [5, 5.41) is 8.00. The first-order valence-electron chi connectivity index (χ1n) is 10.4. The van der Waals surface area contributed by atoms with E-state index in [-0.39, 0.29) is 11.9 Å². The summed E-state index contributed by atoms with van der Waals surface area (Å²) in [5.41, 5.74) is 5.50. The molecule has 5 heteroatoms. The fourth-order valence-corrected chi connectivity index (χ4v) is 4.26. The fraction of sp³-hybridized carbons (Fsp3) is 0.435. The van der Waals surface area contributed by atoms with Crippen molar-refractivity contribution in [1.82, 2.24) is 19.9 Å². The lowest BCUT2D eigenvalue weighted by Crippen LogP contribution is -2.37. The molecule has 1 aliphatic rings. The topological polar surface area (TPSA) is 59.3 Å². The van der Waals surface area contributed by atoms with E-state index in [0.717, 1.165) is 53.8 Å². The maximum Gasteiger partial charge on any atom is 0.254 e. The maximum absolute atomic E-state index is 13.0. The number of hydrogen-bond donors (Lipinski definition) is 1. The van der Waals surface area contributed by atoms with Crippen molar-refractivity contribution in [3.8, 4) is 11.1 Å². The van der Waals surface area contributed by atoms with Crippen molar-refractivity contribution in [2.24, 2.45) is 0 Å². The Morgan fingerprint density at radius 1 is 1.18 bits per heavy atom. The van der Waals surface area contributed by atoms with Gasteiger partial charge in [0.15, 0.2) is 5.65 Å². The Kier molecular flexibility index (Phi) is 5.42. The lowest BCUT2D eigenvalue weighted by molar-refractivity contribution is 0.0925. The SMILES string of the molecule is CCCc1c(C(=O)NC2CCCCC2)cnc2c(-c3ccccc3)c(C)nn12. The highest BCUT2D eigenvalue weighted by Crippen LogP contribution is 2.28. The Bertz CT molecular complexity index is 971. The van der Waals surface area contributed by atoms with Gasteiger partial charge in [-0.2, -0.15) is 5.10 Å². The van der Waals surface area contributed by atoms with Crippen LogP contribution in [-0.2, 0) is 6.42 Å². The lowest BCUT2D eigenvalue weighted by Gasteiger charge is -2.23. The van der Waals surface area contributed by atoms with Crippen LogP contribution in [0.25, 0.3) is 16.8 Å². The molecule has 3 aromatic rings. The van der Waals surface area contributed by atoms with Crippen molar-refractivity contribution < 1.29 is 4.79 Å². The van der Waals surface area contributed by atoms with Gasteiger partial charge in [0.25, 0.3) is 5.91 Å². The molecular weight excluding hydrogens is 348 g/mol. The molecule has 0 saturated heterocycles. The third kappa shape index (κ3) is 3.53. The number of aryl methyl sites for hydroxylation is 2. The molecule has 0 spiro atoms. The van der Waals surface area contributed by atoms with Gasteiger partial charge in [-0.15, -0.1) is 0 Å². The third-order valence-electron chi connectivity index (χ3n) is 5.65. The van der Waals surface area contributed by atoms with Gasteiger partial charge in [0, 0.05) is 17.8 Å². The molecule has 1 aromatic carbocycles. The van der Waals surface area contributed by atoms with Crippen molar-refractivity contribution in [2.45, 2.75) is 64.8 Å². The minimum atomic E-state index is -0.0147. The number of rotatable bonds is 5.